The summed E-state index contributed by atoms with van der Waals surface area (Å²) >= 11 is 0. The van der Waals surface area contributed by atoms with Gasteiger partial charge in [-0.05, 0) is 96.0 Å². The van der Waals surface area contributed by atoms with Gasteiger partial charge in [0, 0.05) is 0 Å². The minimum atomic E-state index is -0.131. The first-order chi connectivity index (χ1) is 14.0. The Labute approximate surface area is 186 Å². The van der Waals surface area contributed by atoms with E-state index in [1.807, 2.05) is 0 Å². The van der Waals surface area contributed by atoms with Crippen LogP contribution in [0.25, 0.3) is 0 Å². The van der Waals surface area contributed by atoms with Gasteiger partial charge < -0.3 is 5.11 Å². The number of hydrogen-bond acceptors (Lipinski definition) is 1. The molecule has 0 radical (unpaired) electrons. The second-order valence-corrected chi connectivity index (χ2v) is 13.0. The van der Waals surface area contributed by atoms with Gasteiger partial charge in [0.15, 0.2) is 0 Å². The van der Waals surface area contributed by atoms with Crippen molar-refractivity contribution in [1.82, 2.24) is 0 Å². The lowest BCUT2D eigenvalue weighted by Gasteiger charge is -2.59. The predicted molar refractivity (Wildman–Crippen MR) is 128 cm³/mol. The van der Waals surface area contributed by atoms with Crippen LogP contribution in [-0.2, 0) is 0 Å². The van der Waals surface area contributed by atoms with Gasteiger partial charge in [0.1, 0.15) is 0 Å². The first-order valence-electron chi connectivity index (χ1n) is 13.1. The molecule has 1 nitrogen and oxygen atoms in total. The summed E-state index contributed by atoms with van der Waals surface area (Å²) in [6.45, 7) is 17.1. The molecule has 0 aromatic rings. The molecule has 0 aromatic heterocycles. The molecule has 1 N–H and O–H groups in total. The molecular formula is C29H48O. The van der Waals surface area contributed by atoms with Crippen LogP contribution in [0.4, 0.5) is 0 Å². The highest BCUT2D eigenvalue weighted by Gasteiger charge is 2.57. The van der Waals surface area contributed by atoms with Crippen LogP contribution in [-0.4, -0.2) is 11.2 Å². The smallest absolute Gasteiger partial charge is 0.0594 e. The lowest BCUT2D eigenvalue weighted by atomic mass is 9.46. The lowest BCUT2D eigenvalue weighted by molar-refractivity contribution is -0.0905. The summed E-state index contributed by atoms with van der Waals surface area (Å²) in [5.74, 6) is 3.13. The Kier molecular flexibility index (Phi) is 5.87. The van der Waals surface area contributed by atoms with Crippen LogP contribution in [0.2, 0.25) is 0 Å². The standard InChI is InChI=1S/C29H48O/c1-19(2)9-8-10-20(3)22-12-13-23-21-11-14-25-27(4,5)26(30)16-18-29(25,7)24(21)15-17-28(22,23)6/h13,19-20,22,25-26,30H,8-12,14-18H2,1-7H3/t20-,22-,25+,26+,28-,29-/m1/s1. The van der Waals surface area contributed by atoms with Gasteiger partial charge in [-0.15, -0.1) is 0 Å². The zero-order chi connectivity index (χ0) is 21.9. The zero-order valence-electron chi connectivity index (χ0n) is 21.0. The van der Waals surface area contributed by atoms with Crippen molar-refractivity contribution in [3.8, 4) is 0 Å². The van der Waals surface area contributed by atoms with Crippen LogP contribution in [0.15, 0.2) is 22.8 Å². The van der Waals surface area contributed by atoms with Gasteiger partial charge in [-0.2, -0.15) is 0 Å². The number of fused-ring (bicyclic) bond motifs is 4. The largest absolute Gasteiger partial charge is 0.393 e. The van der Waals surface area contributed by atoms with E-state index < -0.39 is 0 Å². The van der Waals surface area contributed by atoms with Gasteiger partial charge in [-0.3, -0.25) is 0 Å². The van der Waals surface area contributed by atoms with Crippen LogP contribution in [0.3, 0.4) is 0 Å². The first-order valence-corrected chi connectivity index (χ1v) is 13.1. The molecule has 170 valence electrons. The van der Waals surface area contributed by atoms with E-state index in [4.69, 9.17) is 0 Å². The predicted octanol–water partition coefficient (Wildman–Crippen LogP) is 8.09. The Morgan fingerprint density at radius 1 is 0.967 bits per heavy atom. The molecule has 1 heteroatoms. The van der Waals surface area contributed by atoms with Crippen molar-refractivity contribution in [3.63, 3.8) is 0 Å². The average molecular weight is 413 g/mol. The van der Waals surface area contributed by atoms with E-state index in [-0.39, 0.29) is 11.5 Å². The van der Waals surface area contributed by atoms with Crippen molar-refractivity contribution in [2.24, 2.45) is 39.9 Å². The molecule has 6 atom stereocenters. The molecule has 4 aliphatic rings. The molecule has 0 aliphatic heterocycles. The maximum absolute atomic E-state index is 10.8. The number of hydrogen-bond donors (Lipinski definition) is 1. The Balaban J connectivity index is 1.58. The van der Waals surface area contributed by atoms with Crippen molar-refractivity contribution in [3.05, 3.63) is 22.8 Å². The highest BCUT2D eigenvalue weighted by atomic mass is 16.3. The number of allylic oxidation sites excluding steroid dienone is 4. The first kappa shape index (κ1) is 22.6. The van der Waals surface area contributed by atoms with E-state index in [9.17, 15) is 5.11 Å². The minimum absolute atomic E-state index is 0.0454. The molecule has 1 saturated carbocycles. The Bertz CT molecular complexity index is 725. The summed E-state index contributed by atoms with van der Waals surface area (Å²) in [6, 6.07) is 0. The van der Waals surface area contributed by atoms with Crippen LogP contribution in [0.1, 0.15) is 113 Å². The molecule has 0 saturated heterocycles. The lowest BCUT2D eigenvalue weighted by Crippen LogP contribution is -2.53. The number of aliphatic hydroxyl groups is 1. The van der Waals surface area contributed by atoms with E-state index in [1.165, 1.54) is 57.8 Å². The van der Waals surface area contributed by atoms with Gasteiger partial charge >= 0.3 is 0 Å². The summed E-state index contributed by atoms with van der Waals surface area (Å²) in [7, 11) is 0. The van der Waals surface area contributed by atoms with Crippen LogP contribution < -0.4 is 0 Å². The number of aliphatic hydroxyl groups excluding tert-OH is 1. The fourth-order valence-corrected chi connectivity index (χ4v) is 8.63. The second kappa shape index (κ2) is 7.79. The maximum Gasteiger partial charge on any atom is 0.0594 e. The molecule has 0 spiro atoms. The van der Waals surface area contributed by atoms with Gasteiger partial charge in [0.25, 0.3) is 0 Å². The molecule has 1 fully saturated rings. The van der Waals surface area contributed by atoms with Crippen molar-refractivity contribution < 1.29 is 5.11 Å². The summed E-state index contributed by atoms with van der Waals surface area (Å²) in [5, 5.41) is 10.8. The minimum Gasteiger partial charge on any atom is -0.393 e. The van der Waals surface area contributed by atoms with E-state index in [0.29, 0.717) is 16.7 Å². The van der Waals surface area contributed by atoms with E-state index in [1.54, 1.807) is 16.7 Å². The maximum atomic E-state index is 10.8. The molecule has 30 heavy (non-hydrogen) atoms. The molecule has 0 amide bonds. The summed E-state index contributed by atoms with van der Waals surface area (Å²) in [6.07, 6.45) is 15.3. The molecule has 0 bridgehead atoms. The topological polar surface area (TPSA) is 20.2 Å². The van der Waals surface area contributed by atoms with Crippen LogP contribution >= 0.6 is 0 Å². The molecule has 0 aromatic carbocycles. The SMILES string of the molecule is CC(C)CCC[C@@H](C)[C@H]1CC=C2C3=C(CC[C@@]21C)[C@@]1(C)CC[C@H](O)C(C)(C)[C@@H]1CC3. The fraction of sp³-hybridized carbons (Fsp3) is 0.862. The Morgan fingerprint density at radius 2 is 1.70 bits per heavy atom. The van der Waals surface area contributed by atoms with Crippen molar-refractivity contribution in [1.29, 1.82) is 0 Å². The summed E-state index contributed by atoms with van der Waals surface area (Å²) in [4.78, 5) is 0. The Hall–Kier alpha value is -0.560. The summed E-state index contributed by atoms with van der Waals surface area (Å²) in [5.41, 5.74) is 6.09. The van der Waals surface area contributed by atoms with E-state index in [2.05, 4.69) is 54.5 Å². The monoisotopic (exact) mass is 412 g/mol. The zero-order valence-corrected chi connectivity index (χ0v) is 21.0. The molecule has 4 aliphatic carbocycles. The van der Waals surface area contributed by atoms with Crippen molar-refractivity contribution in [2.45, 2.75) is 119 Å². The van der Waals surface area contributed by atoms with E-state index >= 15 is 0 Å². The third-order valence-electron chi connectivity index (χ3n) is 10.6. The highest BCUT2D eigenvalue weighted by Crippen LogP contribution is 2.66. The number of rotatable bonds is 5. The second-order valence-electron chi connectivity index (χ2n) is 13.0. The molecule has 0 heterocycles. The summed E-state index contributed by atoms with van der Waals surface area (Å²) < 4.78 is 0. The van der Waals surface area contributed by atoms with Crippen molar-refractivity contribution >= 4 is 0 Å². The van der Waals surface area contributed by atoms with E-state index in [0.717, 1.165) is 24.2 Å². The molecule has 0 unspecified atom stereocenters. The molecular weight excluding hydrogens is 364 g/mol. The van der Waals surface area contributed by atoms with Gasteiger partial charge in [-0.1, -0.05) is 79.4 Å². The van der Waals surface area contributed by atoms with Gasteiger partial charge in [-0.25, -0.2) is 0 Å². The fourth-order valence-electron chi connectivity index (χ4n) is 8.63. The Morgan fingerprint density at radius 3 is 2.40 bits per heavy atom. The van der Waals surface area contributed by atoms with Gasteiger partial charge in [0.2, 0.25) is 0 Å². The third-order valence-corrected chi connectivity index (χ3v) is 10.6. The van der Waals surface area contributed by atoms with Crippen LogP contribution in [0.5, 0.6) is 0 Å². The van der Waals surface area contributed by atoms with Gasteiger partial charge in [0.05, 0.1) is 6.10 Å². The molecule has 4 rings (SSSR count). The normalized spacial score (nSPS) is 41.2. The quantitative estimate of drug-likeness (QED) is 0.483. The third kappa shape index (κ3) is 3.37. The average Bonchev–Trinajstić information content (AvgIpc) is 3.02. The highest BCUT2D eigenvalue weighted by molar-refractivity contribution is 5.49. The van der Waals surface area contributed by atoms with Crippen LogP contribution in [0, 0.1) is 39.9 Å². The van der Waals surface area contributed by atoms with Crippen molar-refractivity contribution in [2.75, 3.05) is 0 Å².